The molecule has 0 fully saturated rings. The third kappa shape index (κ3) is 120. The van der Waals surface area contributed by atoms with Crippen LogP contribution in [0.2, 0.25) is 0 Å². The number of hydrogen-bond acceptors (Lipinski definition) is 10. The van der Waals surface area contributed by atoms with Crippen molar-refractivity contribution in [1.82, 2.24) is 30.8 Å². The Hall–Kier alpha value is -2.85. The van der Waals surface area contributed by atoms with Crippen molar-refractivity contribution in [1.29, 1.82) is 0 Å². The molecular weight excluding hydrogens is 831 g/mol. The molecule has 0 aromatic carbocycles. The van der Waals surface area contributed by atoms with Gasteiger partial charge in [0.25, 0.3) is 0 Å². The molecule has 0 aromatic rings. The van der Waals surface area contributed by atoms with E-state index >= 15 is 0 Å². The van der Waals surface area contributed by atoms with E-state index in [1.165, 1.54) is 161 Å². The smallest absolute Gasteiger partial charge is 0.0414 e. The Kier molecular flexibility index (Phi) is 107. The van der Waals surface area contributed by atoms with Gasteiger partial charge in [0, 0.05) is 29.8 Å². The van der Waals surface area contributed by atoms with Crippen LogP contribution in [0, 0.1) is 0 Å². The van der Waals surface area contributed by atoms with Crippen molar-refractivity contribution in [2.45, 2.75) is 291 Å². The summed E-state index contributed by atoms with van der Waals surface area (Å²) in [5, 5.41) is 50.1. The highest BCUT2D eigenvalue weighted by Crippen LogP contribution is 2.11. The van der Waals surface area contributed by atoms with E-state index in [2.05, 4.69) is 34.6 Å². The van der Waals surface area contributed by atoms with Gasteiger partial charge in [-0.05, 0) is 64.2 Å². The van der Waals surface area contributed by atoms with Gasteiger partial charge in [0.1, 0.15) is 0 Å². The van der Waals surface area contributed by atoms with Gasteiger partial charge in [-0.1, -0.05) is 227 Å². The predicted octanol–water partition coefficient (Wildman–Crippen LogP) is 11.3. The molecule has 0 aliphatic carbocycles. The van der Waals surface area contributed by atoms with E-state index in [0.717, 1.165) is 64.2 Å². The first kappa shape index (κ1) is 85.5. The van der Waals surface area contributed by atoms with E-state index in [0.29, 0.717) is 0 Å². The lowest BCUT2D eigenvalue weighted by molar-refractivity contribution is -0.307. The summed E-state index contributed by atoms with van der Waals surface area (Å²) in [6.45, 7) is 11.0. The molecule has 0 amide bonds. The maximum atomic E-state index is 10.0. The standard InChI is InChI=1S/5C10H20O2.5H3N/c5*1-2-3-4-5-6-7-8-9-10(11)12;;;;;/h5*2-9H2,1H3,(H,11,12);5*1H3. The third-order valence-corrected chi connectivity index (χ3v) is 9.92. The molecule has 400 valence electrons. The second kappa shape index (κ2) is 81.4. The molecule has 0 aromatic heterocycles. The molecule has 0 heterocycles. The zero-order valence-corrected chi connectivity index (χ0v) is 44.9. The maximum absolute atomic E-state index is 10.0. The molecule has 0 rings (SSSR count). The highest BCUT2D eigenvalue weighted by molar-refractivity contribution is 5.65. The maximum Gasteiger partial charge on any atom is 0.0414 e. The van der Waals surface area contributed by atoms with Crippen molar-refractivity contribution < 1.29 is 49.5 Å². The van der Waals surface area contributed by atoms with E-state index < -0.39 is 29.8 Å². The molecule has 0 spiro atoms. The summed E-state index contributed by atoms with van der Waals surface area (Å²) in [6.07, 6.45) is 41.7. The molecule has 0 saturated carbocycles. The van der Waals surface area contributed by atoms with Crippen LogP contribution in [0.25, 0.3) is 0 Å². The van der Waals surface area contributed by atoms with Gasteiger partial charge in [-0.3, -0.25) is 0 Å². The van der Waals surface area contributed by atoms with Crippen LogP contribution in [0.4, 0.5) is 0 Å². The zero-order valence-electron chi connectivity index (χ0n) is 44.9. The van der Waals surface area contributed by atoms with Gasteiger partial charge >= 0.3 is 0 Å². The number of carboxylic acid groups (broad SMARTS) is 5. The summed E-state index contributed by atoms with van der Waals surface area (Å²) in [6, 6.07) is 0. The van der Waals surface area contributed by atoms with Crippen molar-refractivity contribution >= 4 is 29.8 Å². The van der Waals surface area contributed by atoms with Crippen LogP contribution >= 0.6 is 0 Å². The van der Waals surface area contributed by atoms with Crippen LogP contribution < -0.4 is 56.3 Å². The van der Waals surface area contributed by atoms with Crippen LogP contribution in [-0.2, 0) is 24.0 Å². The fraction of sp³-hybridized carbons (Fsp3) is 0.900. The first-order valence-corrected chi connectivity index (χ1v) is 24.8. The number of rotatable bonds is 40. The van der Waals surface area contributed by atoms with Gasteiger partial charge < -0.3 is 80.3 Å². The Bertz CT molecular complexity index is 740. The second-order valence-electron chi connectivity index (χ2n) is 16.2. The van der Waals surface area contributed by atoms with Gasteiger partial charge in [-0.25, -0.2) is 0 Å². The summed E-state index contributed by atoms with van der Waals surface area (Å²) in [5.41, 5.74) is 0. The number of quaternary nitrogens is 5. The topological polar surface area (TPSA) is 383 Å². The Balaban J connectivity index is -0.0000000713. The predicted molar refractivity (Wildman–Crippen MR) is 268 cm³/mol. The minimum atomic E-state index is -0.913. The number of carbonyl (C=O) groups is 5. The quantitative estimate of drug-likeness (QED) is 0.0361. The van der Waals surface area contributed by atoms with Crippen LogP contribution in [0.3, 0.4) is 0 Å². The molecule has 0 bridgehead atoms. The molecule has 0 radical (unpaired) electrons. The molecule has 0 atom stereocenters. The second-order valence-corrected chi connectivity index (χ2v) is 16.2. The number of carbonyl (C=O) groups excluding carboxylic acids is 5. The fourth-order valence-electron chi connectivity index (χ4n) is 6.13. The van der Waals surface area contributed by atoms with E-state index in [4.69, 9.17) is 0 Å². The average Bonchev–Trinajstić information content (AvgIpc) is 3.19. The van der Waals surface area contributed by atoms with Crippen LogP contribution in [0.5, 0.6) is 0 Å². The Morgan fingerprint density at radius 1 is 0.200 bits per heavy atom. The van der Waals surface area contributed by atoms with Gasteiger partial charge in [0.05, 0.1) is 0 Å². The van der Waals surface area contributed by atoms with E-state index in [1.807, 2.05) is 0 Å². The summed E-state index contributed by atoms with van der Waals surface area (Å²) in [7, 11) is 0. The number of carboxylic acids is 5. The van der Waals surface area contributed by atoms with E-state index in [9.17, 15) is 49.5 Å². The molecule has 15 heteroatoms. The number of unbranched alkanes of at least 4 members (excludes halogenated alkanes) is 30. The number of aliphatic carboxylic acids is 5. The lowest BCUT2D eigenvalue weighted by Crippen LogP contribution is -2.21. The van der Waals surface area contributed by atoms with Crippen molar-refractivity contribution in [3.05, 3.63) is 0 Å². The average molecular weight is 946 g/mol. The Morgan fingerprint density at radius 2 is 0.292 bits per heavy atom. The lowest BCUT2D eigenvalue weighted by Gasteiger charge is -2.01. The minimum absolute atomic E-state index is 0. The SMILES string of the molecule is CCCCCCCCCC(=O)[O-].CCCCCCCCCC(=O)[O-].CCCCCCCCCC(=O)[O-].CCCCCCCCCC(=O)[O-].CCCCCCCCCC(=O)[O-].[NH4+].[NH4+].[NH4+].[NH4+].[NH4+]. The lowest BCUT2D eigenvalue weighted by atomic mass is 10.1. The molecule has 65 heavy (non-hydrogen) atoms. The first-order valence-electron chi connectivity index (χ1n) is 24.8. The van der Waals surface area contributed by atoms with Crippen LogP contribution in [0.15, 0.2) is 0 Å². The molecule has 0 aliphatic rings. The van der Waals surface area contributed by atoms with Gasteiger partial charge in [-0.2, -0.15) is 0 Å². The Labute approximate surface area is 400 Å². The molecule has 0 unspecified atom stereocenters. The zero-order chi connectivity index (χ0) is 46.2. The van der Waals surface area contributed by atoms with Gasteiger partial charge in [-0.15, -0.1) is 0 Å². The van der Waals surface area contributed by atoms with Gasteiger partial charge in [0.2, 0.25) is 0 Å². The molecule has 0 saturated heterocycles. The molecule has 0 aliphatic heterocycles. The van der Waals surface area contributed by atoms with Crippen molar-refractivity contribution in [2.75, 3.05) is 0 Å². The largest absolute Gasteiger partial charge is 0.550 e. The van der Waals surface area contributed by atoms with Crippen molar-refractivity contribution in [2.24, 2.45) is 0 Å². The third-order valence-electron chi connectivity index (χ3n) is 9.92. The van der Waals surface area contributed by atoms with E-state index in [1.54, 1.807) is 0 Å². The Morgan fingerprint density at radius 3 is 0.385 bits per heavy atom. The summed E-state index contributed by atoms with van der Waals surface area (Å²) in [5.74, 6) is -4.57. The summed E-state index contributed by atoms with van der Waals surface area (Å²) >= 11 is 0. The van der Waals surface area contributed by atoms with Gasteiger partial charge in [0.15, 0.2) is 0 Å². The summed E-state index contributed by atoms with van der Waals surface area (Å²) in [4.78, 5) is 50.1. The first-order chi connectivity index (χ1) is 28.9. The van der Waals surface area contributed by atoms with E-state index in [-0.39, 0.29) is 62.9 Å². The molecule has 15 nitrogen and oxygen atoms in total. The monoisotopic (exact) mass is 946 g/mol. The van der Waals surface area contributed by atoms with Crippen LogP contribution in [0.1, 0.15) is 291 Å². The normalized spacial score (nSPS) is 9.31. The van der Waals surface area contributed by atoms with Crippen molar-refractivity contribution in [3.8, 4) is 0 Å². The highest BCUT2D eigenvalue weighted by atomic mass is 16.4. The molecule has 20 N–H and O–H groups in total. The van der Waals surface area contributed by atoms with Crippen molar-refractivity contribution in [3.63, 3.8) is 0 Å². The summed E-state index contributed by atoms with van der Waals surface area (Å²) < 4.78 is 0. The minimum Gasteiger partial charge on any atom is -0.550 e. The molecular formula is C50H115N5O10. The number of hydrogen-bond donors (Lipinski definition) is 5. The fourth-order valence-corrected chi connectivity index (χ4v) is 6.13. The highest BCUT2D eigenvalue weighted by Gasteiger charge is 1.94. The van der Waals surface area contributed by atoms with Crippen LogP contribution in [-0.4, -0.2) is 29.8 Å².